The molecular weight excluding hydrogens is 697 g/mol. The highest BCUT2D eigenvalue weighted by Crippen LogP contribution is 2.49. The van der Waals surface area contributed by atoms with E-state index in [4.69, 9.17) is 9.97 Å². The van der Waals surface area contributed by atoms with Crippen molar-refractivity contribution in [3.05, 3.63) is 65.6 Å². The molecule has 9 rings (SSSR count). The van der Waals surface area contributed by atoms with Crippen LogP contribution in [0.3, 0.4) is 0 Å². The van der Waals surface area contributed by atoms with Gasteiger partial charge in [-0.25, -0.2) is 9.97 Å². The third-order valence-corrected chi connectivity index (χ3v) is 12.5. The maximum absolute atomic E-state index is 13.8. The number of hydrogen-bond donors (Lipinski definition) is 2. The summed E-state index contributed by atoms with van der Waals surface area (Å²) in [4.78, 5) is 73.9. The Hall–Kier alpha value is -5.37. The van der Waals surface area contributed by atoms with Crippen molar-refractivity contribution in [1.29, 1.82) is 0 Å². The molecule has 1 aromatic carbocycles. The first-order valence-corrected chi connectivity index (χ1v) is 19.6. The number of pyridine rings is 1. The van der Waals surface area contributed by atoms with Crippen LogP contribution in [0.2, 0.25) is 0 Å². The Bertz CT molecular complexity index is 2200. The van der Waals surface area contributed by atoms with Crippen molar-refractivity contribution in [3.63, 3.8) is 0 Å². The molecule has 4 aromatic rings. The van der Waals surface area contributed by atoms with Crippen molar-refractivity contribution in [2.75, 3.05) is 55.4 Å². The van der Waals surface area contributed by atoms with Gasteiger partial charge in [0.1, 0.15) is 23.2 Å². The Kier molecular flexibility index (Phi) is 8.63. The molecule has 14 heteroatoms. The smallest absolute Gasteiger partial charge is 0.270 e. The van der Waals surface area contributed by atoms with Gasteiger partial charge in [-0.05, 0) is 81.8 Å². The largest absolute Gasteiger partial charge is 0.368 e. The lowest BCUT2D eigenvalue weighted by atomic mass is 9.84. The molecule has 0 radical (unpaired) electrons. The Morgan fingerprint density at radius 1 is 0.927 bits per heavy atom. The van der Waals surface area contributed by atoms with Crippen molar-refractivity contribution >= 4 is 57.8 Å². The van der Waals surface area contributed by atoms with Gasteiger partial charge in [-0.2, -0.15) is 4.98 Å². The third kappa shape index (κ3) is 6.01. The van der Waals surface area contributed by atoms with Gasteiger partial charge in [-0.15, -0.1) is 0 Å². The molecule has 7 heterocycles. The minimum absolute atomic E-state index is 0.0297. The maximum atomic E-state index is 13.8. The van der Waals surface area contributed by atoms with Gasteiger partial charge in [0.05, 0.1) is 11.1 Å². The van der Waals surface area contributed by atoms with Crippen molar-refractivity contribution in [1.82, 2.24) is 34.6 Å². The molecule has 286 valence electrons. The lowest BCUT2D eigenvalue weighted by Gasteiger charge is -2.46. The number of benzene rings is 1. The number of amides is 4. The Balaban J connectivity index is 0.850. The number of aromatic nitrogens is 4. The number of nitrogens with one attached hydrogen (secondary N) is 2. The Morgan fingerprint density at radius 2 is 1.71 bits per heavy atom. The van der Waals surface area contributed by atoms with Crippen LogP contribution in [0.15, 0.2) is 48.8 Å². The van der Waals surface area contributed by atoms with E-state index in [-0.39, 0.29) is 30.2 Å². The van der Waals surface area contributed by atoms with Gasteiger partial charge >= 0.3 is 0 Å². The summed E-state index contributed by atoms with van der Waals surface area (Å²) >= 11 is 0. The highest BCUT2D eigenvalue weighted by molar-refractivity contribution is 6.14. The van der Waals surface area contributed by atoms with E-state index >= 15 is 0 Å². The van der Waals surface area contributed by atoms with Gasteiger partial charge in [-0.1, -0.05) is 25.0 Å². The van der Waals surface area contributed by atoms with E-state index in [1.807, 2.05) is 44.3 Å². The number of rotatable bonds is 8. The summed E-state index contributed by atoms with van der Waals surface area (Å²) in [7, 11) is 3.56. The van der Waals surface area contributed by atoms with Gasteiger partial charge < -0.3 is 19.7 Å². The van der Waals surface area contributed by atoms with E-state index in [1.165, 1.54) is 5.56 Å². The zero-order valence-electron chi connectivity index (χ0n) is 31.9. The molecule has 1 saturated carbocycles. The highest BCUT2D eigenvalue weighted by Gasteiger charge is 2.51. The Morgan fingerprint density at radius 3 is 2.44 bits per heavy atom. The van der Waals surface area contributed by atoms with Crippen LogP contribution in [0.25, 0.3) is 11.0 Å². The fourth-order valence-electron chi connectivity index (χ4n) is 9.49. The summed E-state index contributed by atoms with van der Waals surface area (Å²) in [5.74, 6) is 0.678. The van der Waals surface area contributed by atoms with Crippen LogP contribution >= 0.6 is 0 Å². The van der Waals surface area contributed by atoms with E-state index in [1.54, 1.807) is 30.1 Å². The summed E-state index contributed by atoms with van der Waals surface area (Å²) in [6, 6.07) is 12.0. The molecule has 1 aliphatic carbocycles. The van der Waals surface area contributed by atoms with Crippen molar-refractivity contribution in [2.45, 2.75) is 88.3 Å². The monoisotopic (exact) mass is 744 g/mol. The van der Waals surface area contributed by atoms with Crippen LogP contribution in [0, 0.1) is 0 Å². The molecule has 4 amide bonds. The number of piperidine rings is 1. The first-order chi connectivity index (χ1) is 26.5. The van der Waals surface area contributed by atoms with Crippen LogP contribution in [0.1, 0.15) is 92.4 Å². The predicted octanol–water partition coefficient (Wildman–Crippen LogP) is 4.49. The molecule has 4 aliphatic heterocycles. The second kappa shape index (κ2) is 13.4. The number of likely N-dealkylation sites (tertiary alicyclic amines) is 1. The lowest BCUT2D eigenvalue weighted by molar-refractivity contribution is -0.136. The van der Waals surface area contributed by atoms with Gasteiger partial charge in [0.2, 0.25) is 23.7 Å². The minimum atomic E-state index is -0.791. The number of carbonyl (C=O) groups is 4. The molecule has 2 atom stereocenters. The van der Waals surface area contributed by atoms with Crippen molar-refractivity contribution in [3.8, 4) is 0 Å². The molecular formula is C41H48N10O4. The molecule has 55 heavy (non-hydrogen) atoms. The van der Waals surface area contributed by atoms with E-state index in [0.29, 0.717) is 35.8 Å². The van der Waals surface area contributed by atoms with Crippen LogP contribution in [-0.4, -0.2) is 105 Å². The molecule has 0 unspecified atom stereocenters. The fourth-order valence-corrected chi connectivity index (χ4v) is 9.49. The summed E-state index contributed by atoms with van der Waals surface area (Å²) in [5.41, 5.74) is 4.62. The van der Waals surface area contributed by atoms with Crippen LogP contribution in [-0.2, 0) is 19.8 Å². The number of imide groups is 1. The van der Waals surface area contributed by atoms with Crippen LogP contribution in [0.4, 0.5) is 23.1 Å². The summed E-state index contributed by atoms with van der Waals surface area (Å²) in [5, 5.41) is 6.57. The first-order valence-electron chi connectivity index (χ1n) is 19.6. The van der Waals surface area contributed by atoms with Crippen molar-refractivity contribution in [2.24, 2.45) is 0 Å². The van der Waals surface area contributed by atoms with Gasteiger partial charge in [0.15, 0.2) is 0 Å². The first kappa shape index (κ1) is 35.3. The SMILES string of the molecule is CN(C)C(=O)c1cc2cnc(Nc3ccc([C@@H]4CCN(C5CN(c6cccc7c6C(C)(C)C(=O)N7[C@@H]6CCC(=O)NC6=O)C5)C4)cn3)nc2n1C1CCCC1. The fraction of sp³-hybridized carbons (Fsp3) is 0.488. The van der Waals surface area contributed by atoms with Gasteiger partial charge in [0.25, 0.3) is 5.91 Å². The Labute approximate surface area is 320 Å². The quantitative estimate of drug-likeness (QED) is 0.247. The second-order valence-electron chi connectivity index (χ2n) is 16.6. The van der Waals surface area contributed by atoms with Gasteiger partial charge in [-0.3, -0.25) is 34.3 Å². The minimum Gasteiger partial charge on any atom is -0.368 e. The molecule has 4 fully saturated rings. The number of fused-ring (bicyclic) bond motifs is 2. The number of nitrogens with zero attached hydrogens (tertiary/aromatic N) is 8. The zero-order chi connectivity index (χ0) is 38.2. The number of carbonyl (C=O) groups excluding carboxylic acids is 4. The van der Waals surface area contributed by atoms with Gasteiger partial charge in [0, 0.05) is 81.3 Å². The molecule has 0 spiro atoms. The average Bonchev–Trinajstić information content (AvgIpc) is 3.95. The standard InChI is InChI=1S/C41H48N10O4/c1-41(2)35-29(10-7-11-30(35)51(39(41)55)31-13-15-34(52)45-37(31)53)49-22-28(23-49)48-17-16-25(21-48)24-12-14-33(42-19-24)44-40-43-20-26-18-32(38(54)47(3)4)50(36(26)46-40)27-8-5-6-9-27/h7,10-12,14,18-20,25,27-28,31H,5-6,8-9,13,15-17,21-23H2,1-4H3,(H,45,52,53)(H,42,43,44,46)/t25-,31-/m1/s1. The normalized spacial score (nSPS) is 23.0. The van der Waals surface area contributed by atoms with E-state index in [9.17, 15) is 19.2 Å². The molecule has 5 aliphatic rings. The second-order valence-corrected chi connectivity index (χ2v) is 16.6. The molecule has 0 bridgehead atoms. The van der Waals surface area contributed by atoms with E-state index in [0.717, 1.165) is 86.3 Å². The average molecular weight is 745 g/mol. The highest BCUT2D eigenvalue weighted by atomic mass is 16.2. The van der Waals surface area contributed by atoms with Crippen LogP contribution < -0.4 is 20.4 Å². The number of hydrogen-bond acceptors (Lipinski definition) is 10. The predicted molar refractivity (Wildman–Crippen MR) is 209 cm³/mol. The zero-order valence-corrected chi connectivity index (χ0v) is 31.9. The molecule has 2 N–H and O–H groups in total. The van der Waals surface area contributed by atoms with E-state index in [2.05, 4.69) is 42.1 Å². The topological polar surface area (TPSA) is 149 Å². The molecule has 3 saturated heterocycles. The molecule has 3 aromatic heterocycles. The summed E-state index contributed by atoms with van der Waals surface area (Å²) in [6.45, 7) is 7.58. The van der Waals surface area contributed by atoms with Crippen LogP contribution in [0.5, 0.6) is 0 Å². The third-order valence-electron chi connectivity index (χ3n) is 12.5. The number of anilines is 4. The summed E-state index contributed by atoms with van der Waals surface area (Å²) < 4.78 is 2.12. The molecule has 14 nitrogen and oxygen atoms in total. The maximum Gasteiger partial charge on any atom is 0.270 e. The summed E-state index contributed by atoms with van der Waals surface area (Å²) in [6.07, 6.45) is 9.72. The van der Waals surface area contributed by atoms with E-state index < -0.39 is 17.4 Å². The lowest BCUT2D eigenvalue weighted by Crippen LogP contribution is -2.59. The van der Waals surface area contributed by atoms with Crippen molar-refractivity contribution < 1.29 is 19.2 Å².